The topological polar surface area (TPSA) is 149 Å². The standard InChI is InChI=1S/C26H25ClN2O9S/c1-3-9-37-25(34)17-12-16(6-7-18(17)27)28-22(30)13-29-24(33)21(39-26(29)35)11-15-5-8-19(38-14-23(31)32)20(10-15)36-4-2/h5-8,10-12H,3-4,9,13-14H2,1-2H3,(H,28,30)(H,31,32)/b21-11+. The van der Waals surface area contributed by atoms with Crippen molar-refractivity contribution in [1.29, 1.82) is 0 Å². The lowest BCUT2D eigenvalue weighted by Gasteiger charge is -2.13. The van der Waals surface area contributed by atoms with Crippen LogP contribution in [0.2, 0.25) is 5.02 Å². The molecule has 2 N–H and O–H groups in total. The molecule has 39 heavy (non-hydrogen) atoms. The number of carbonyl (C=O) groups is 5. The Bertz CT molecular complexity index is 1330. The van der Waals surface area contributed by atoms with E-state index in [9.17, 15) is 24.0 Å². The van der Waals surface area contributed by atoms with Gasteiger partial charge in [-0.25, -0.2) is 9.59 Å². The molecule has 2 aromatic carbocycles. The van der Waals surface area contributed by atoms with E-state index in [2.05, 4.69) is 5.32 Å². The maximum atomic E-state index is 12.9. The number of thioether (sulfide) groups is 1. The molecule has 1 aliphatic rings. The third-order valence-electron chi connectivity index (χ3n) is 5.00. The Hall–Kier alpha value is -4.03. The first-order valence-electron chi connectivity index (χ1n) is 11.8. The van der Waals surface area contributed by atoms with Gasteiger partial charge >= 0.3 is 11.9 Å². The molecule has 0 aliphatic carbocycles. The van der Waals surface area contributed by atoms with E-state index in [4.69, 9.17) is 30.9 Å². The molecule has 3 amide bonds. The van der Waals surface area contributed by atoms with Crippen LogP contribution in [0.3, 0.4) is 0 Å². The number of esters is 1. The van der Waals surface area contributed by atoms with Gasteiger partial charge in [-0.15, -0.1) is 0 Å². The summed E-state index contributed by atoms with van der Waals surface area (Å²) in [6.07, 6.45) is 2.09. The zero-order valence-corrected chi connectivity index (χ0v) is 22.6. The van der Waals surface area contributed by atoms with E-state index >= 15 is 0 Å². The molecule has 1 heterocycles. The number of carboxylic acid groups (broad SMARTS) is 1. The maximum absolute atomic E-state index is 12.9. The number of ether oxygens (including phenoxy) is 3. The lowest BCUT2D eigenvalue weighted by Crippen LogP contribution is -2.36. The average molecular weight is 577 g/mol. The van der Waals surface area contributed by atoms with Crippen molar-refractivity contribution < 1.29 is 43.3 Å². The van der Waals surface area contributed by atoms with Crippen LogP contribution in [-0.4, -0.2) is 65.4 Å². The molecular formula is C26H25ClN2O9S. The van der Waals surface area contributed by atoms with Crippen LogP contribution in [-0.2, 0) is 19.1 Å². The van der Waals surface area contributed by atoms with Gasteiger partial charge in [-0.1, -0.05) is 24.6 Å². The number of aliphatic carboxylic acids is 1. The second kappa shape index (κ2) is 13.7. The summed E-state index contributed by atoms with van der Waals surface area (Å²) in [6.45, 7) is 2.99. The van der Waals surface area contributed by atoms with Crippen molar-refractivity contribution in [3.8, 4) is 11.5 Å². The normalized spacial score (nSPS) is 13.9. The van der Waals surface area contributed by atoms with Gasteiger partial charge in [0.1, 0.15) is 6.54 Å². The molecular weight excluding hydrogens is 552 g/mol. The third kappa shape index (κ3) is 7.98. The van der Waals surface area contributed by atoms with Crippen molar-refractivity contribution in [2.24, 2.45) is 0 Å². The number of rotatable bonds is 12. The molecule has 0 radical (unpaired) electrons. The monoisotopic (exact) mass is 576 g/mol. The number of amides is 3. The summed E-state index contributed by atoms with van der Waals surface area (Å²) in [5.41, 5.74) is 0.812. The van der Waals surface area contributed by atoms with Crippen LogP contribution in [0.15, 0.2) is 41.3 Å². The molecule has 206 valence electrons. The molecule has 1 aliphatic heterocycles. The fourth-order valence-electron chi connectivity index (χ4n) is 3.31. The van der Waals surface area contributed by atoms with Gasteiger partial charge in [-0.3, -0.25) is 19.3 Å². The Morgan fingerprint density at radius 2 is 1.85 bits per heavy atom. The molecule has 0 aromatic heterocycles. The predicted octanol–water partition coefficient (Wildman–Crippen LogP) is 4.44. The highest BCUT2D eigenvalue weighted by Crippen LogP contribution is 2.34. The quantitative estimate of drug-likeness (QED) is 0.274. The van der Waals surface area contributed by atoms with E-state index < -0.39 is 42.1 Å². The number of carbonyl (C=O) groups excluding carboxylic acids is 4. The number of halogens is 1. The van der Waals surface area contributed by atoms with Crippen molar-refractivity contribution in [3.05, 3.63) is 57.5 Å². The summed E-state index contributed by atoms with van der Waals surface area (Å²) >= 11 is 6.74. The van der Waals surface area contributed by atoms with Crippen LogP contribution in [0.1, 0.15) is 36.2 Å². The number of carboxylic acids is 1. The number of hydrogen-bond acceptors (Lipinski definition) is 9. The summed E-state index contributed by atoms with van der Waals surface area (Å²) in [7, 11) is 0. The van der Waals surface area contributed by atoms with Crippen LogP contribution in [0.4, 0.5) is 10.5 Å². The van der Waals surface area contributed by atoms with Gasteiger partial charge < -0.3 is 24.6 Å². The Morgan fingerprint density at radius 1 is 1.08 bits per heavy atom. The third-order valence-corrected chi connectivity index (χ3v) is 6.24. The predicted molar refractivity (Wildman–Crippen MR) is 144 cm³/mol. The van der Waals surface area contributed by atoms with Gasteiger partial charge in [-0.2, -0.15) is 0 Å². The summed E-state index contributed by atoms with van der Waals surface area (Å²) in [4.78, 5) is 61.9. The smallest absolute Gasteiger partial charge is 0.341 e. The Kier molecular flexibility index (Phi) is 10.4. The number of imide groups is 1. The van der Waals surface area contributed by atoms with Crippen molar-refractivity contribution >= 4 is 64.1 Å². The molecule has 1 saturated heterocycles. The van der Waals surface area contributed by atoms with Crippen LogP contribution in [0, 0.1) is 0 Å². The number of benzene rings is 2. The van der Waals surface area contributed by atoms with Crippen LogP contribution >= 0.6 is 23.4 Å². The van der Waals surface area contributed by atoms with Crippen LogP contribution in [0.5, 0.6) is 11.5 Å². The number of anilines is 1. The molecule has 11 nitrogen and oxygen atoms in total. The lowest BCUT2D eigenvalue weighted by molar-refractivity contribution is -0.139. The van der Waals surface area contributed by atoms with Gasteiger partial charge in [-0.05, 0) is 67.1 Å². The minimum absolute atomic E-state index is 0.0721. The summed E-state index contributed by atoms with van der Waals surface area (Å²) in [5.74, 6) is -2.62. The zero-order chi connectivity index (χ0) is 28.5. The number of nitrogens with one attached hydrogen (secondary N) is 1. The van der Waals surface area contributed by atoms with Gasteiger partial charge in [0.25, 0.3) is 11.1 Å². The van der Waals surface area contributed by atoms with Crippen molar-refractivity contribution in [2.75, 3.05) is 31.7 Å². The molecule has 0 saturated carbocycles. The fraction of sp³-hybridized carbons (Fsp3) is 0.269. The second-order valence-corrected chi connectivity index (χ2v) is 9.37. The van der Waals surface area contributed by atoms with Gasteiger partial charge in [0.15, 0.2) is 18.1 Å². The SMILES string of the molecule is CCCOC(=O)c1cc(NC(=O)CN2C(=O)S/C(=C/c3ccc(OCC(=O)O)c(OCC)c3)C2=O)ccc1Cl. The molecule has 0 spiro atoms. The molecule has 0 atom stereocenters. The first-order valence-corrected chi connectivity index (χ1v) is 13.0. The summed E-state index contributed by atoms with van der Waals surface area (Å²) < 4.78 is 15.8. The van der Waals surface area contributed by atoms with E-state index in [0.29, 0.717) is 23.7 Å². The Morgan fingerprint density at radius 3 is 2.54 bits per heavy atom. The Labute approximate surface area is 233 Å². The molecule has 0 unspecified atom stereocenters. The van der Waals surface area contributed by atoms with Crippen molar-refractivity contribution in [3.63, 3.8) is 0 Å². The first kappa shape index (κ1) is 29.5. The number of nitrogens with zero attached hydrogens (tertiary/aromatic N) is 1. The van der Waals surface area contributed by atoms with Crippen molar-refractivity contribution in [2.45, 2.75) is 20.3 Å². The zero-order valence-electron chi connectivity index (χ0n) is 21.0. The van der Waals surface area contributed by atoms with E-state index in [-0.39, 0.29) is 45.9 Å². The highest BCUT2D eigenvalue weighted by atomic mass is 35.5. The van der Waals surface area contributed by atoms with Gasteiger partial charge in [0.2, 0.25) is 5.91 Å². The first-order chi connectivity index (χ1) is 18.6. The number of hydrogen-bond donors (Lipinski definition) is 2. The highest BCUT2D eigenvalue weighted by Gasteiger charge is 2.36. The maximum Gasteiger partial charge on any atom is 0.341 e. The fourth-order valence-corrected chi connectivity index (χ4v) is 4.34. The molecule has 13 heteroatoms. The molecule has 1 fully saturated rings. The Balaban J connectivity index is 1.70. The molecule has 0 bridgehead atoms. The van der Waals surface area contributed by atoms with Crippen LogP contribution in [0.25, 0.3) is 6.08 Å². The minimum Gasteiger partial charge on any atom is -0.490 e. The van der Waals surface area contributed by atoms with E-state index in [1.54, 1.807) is 19.1 Å². The van der Waals surface area contributed by atoms with E-state index in [0.717, 1.165) is 4.90 Å². The minimum atomic E-state index is -1.15. The van der Waals surface area contributed by atoms with E-state index in [1.165, 1.54) is 30.3 Å². The van der Waals surface area contributed by atoms with Crippen LogP contribution < -0.4 is 14.8 Å². The van der Waals surface area contributed by atoms with E-state index in [1.807, 2.05) is 6.92 Å². The van der Waals surface area contributed by atoms with Crippen molar-refractivity contribution in [1.82, 2.24) is 4.90 Å². The average Bonchev–Trinajstić information content (AvgIpc) is 3.15. The summed E-state index contributed by atoms with van der Waals surface area (Å²) in [5, 5.41) is 10.9. The summed E-state index contributed by atoms with van der Waals surface area (Å²) in [6, 6.07) is 8.87. The largest absolute Gasteiger partial charge is 0.490 e. The molecule has 2 aromatic rings. The highest BCUT2D eigenvalue weighted by molar-refractivity contribution is 8.18. The van der Waals surface area contributed by atoms with Gasteiger partial charge in [0, 0.05) is 5.69 Å². The molecule has 3 rings (SSSR count). The van der Waals surface area contributed by atoms with Gasteiger partial charge in [0.05, 0.1) is 28.7 Å². The second-order valence-electron chi connectivity index (χ2n) is 7.97. The lowest BCUT2D eigenvalue weighted by atomic mass is 10.2.